The van der Waals surface area contributed by atoms with Gasteiger partial charge < -0.3 is 14.8 Å². The van der Waals surface area contributed by atoms with Crippen LogP contribution in [0, 0.1) is 0 Å². The number of rotatable bonds is 4. The van der Waals surface area contributed by atoms with E-state index in [4.69, 9.17) is 9.47 Å². The van der Waals surface area contributed by atoms with Gasteiger partial charge >= 0.3 is 0 Å². The van der Waals surface area contributed by atoms with Gasteiger partial charge in [0.1, 0.15) is 11.5 Å². The molecule has 0 bridgehead atoms. The zero-order chi connectivity index (χ0) is 24.5. The Kier molecular flexibility index (Phi) is 4.60. The quantitative estimate of drug-likeness (QED) is 0.333. The lowest BCUT2D eigenvalue weighted by molar-refractivity contribution is 0.413. The van der Waals surface area contributed by atoms with E-state index in [0.717, 1.165) is 22.9 Å². The van der Waals surface area contributed by atoms with Gasteiger partial charge in [-0.15, -0.1) is 0 Å². The number of fused-ring (bicyclic) bond motifs is 6. The van der Waals surface area contributed by atoms with Crippen molar-refractivity contribution in [2.75, 3.05) is 19.5 Å². The molecule has 0 aromatic heterocycles. The van der Waals surface area contributed by atoms with Crippen LogP contribution in [0.2, 0.25) is 0 Å². The fourth-order valence-electron chi connectivity index (χ4n) is 6.01. The molecule has 2 aliphatic carbocycles. The van der Waals surface area contributed by atoms with Crippen molar-refractivity contribution in [3.05, 3.63) is 95.1 Å². The SMILES string of the molecule is COc1ccc2c(c1)C(C)(C)c1cc(Nc3ccc4c(c3)C(C)(C)c3cc(OC)ccc3-4)ccc1-2. The summed E-state index contributed by atoms with van der Waals surface area (Å²) >= 11 is 0. The normalized spacial score (nSPS) is 15.6. The standard InChI is InChI=1S/C32H31NO2/c1-31(2)27-15-19(7-11-23(27)25-13-9-21(34-5)17-29(25)31)33-20-8-12-24-26-14-10-22(35-6)18-30(26)32(3,4)28(24)16-20/h7-18,33H,1-6H3. The minimum absolute atomic E-state index is 0.0858. The molecule has 0 amide bonds. The number of anilines is 2. The van der Waals surface area contributed by atoms with Gasteiger partial charge in [-0.2, -0.15) is 0 Å². The van der Waals surface area contributed by atoms with E-state index in [1.807, 2.05) is 0 Å². The number of methoxy groups -OCH3 is 2. The molecule has 0 radical (unpaired) electrons. The van der Waals surface area contributed by atoms with Gasteiger partial charge in [-0.25, -0.2) is 0 Å². The van der Waals surface area contributed by atoms with Gasteiger partial charge in [0.25, 0.3) is 0 Å². The monoisotopic (exact) mass is 461 g/mol. The molecule has 176 valence electrons. The summed E-state index contributed by atoms with van der Waals surface area (Å²) in [7, 11) is 3.46. The van der Waals surface area contributed by atoms with Crippen LogP contribution >= 0.6 is 0 Å². The van der Waals surface area contributed by atoms with E-state index < -0.39 is 0 Å². The van der Waals surface area contributed by atoms with Crippen molar-refractivity contribution in [3.63, 3.8) is 0 Å². The number of benzene rings is 4. The Labute approximate surface area is 207 Å². The lowest BCUT2D eigenvalue weighted by Crippen LogP contribution is -2.15. The average molecular weight is 462 g/mol. The molecule has 2 aliphatic rings. The summed E-state index contributed by atoms with van der Waals surface area (Å²) in [5, 5.41) is 3.69. The number of nitrogens with one attached hydrogen (secondary N) is 1. The zero-order valence-electron chi connectivity index (χ0n) is 21.2. The summed E-state index contributed by atoms with van der Waals surface area (Å²) in [6.45, 7) is 9.18. The maximum atomic E-state index is 5.50. The highest BCUT2D eigenvalue weighted by atomic mass is 16.5. The smallest absolute Gasteiger partial charge is 0.119 e. The van der Waals surface area contributed by atoms with E-state index in [1.54, 1.807) is 14.2 Å². The first-order chi connectivity index (χ1) is 16.7. The Balaban J connectivity index is 1.35. The Morgan fingerprint density at radius 2 is 0.829 bits per heavy atom. The van der Waals surface area contributed by atoms with Crippen molar-refractivity contribution in [2.24, 2.45) is 0 Å². The molecule has 0 atom stereocenters. The average Bonchev–Trinajstić information content (AvgIpc) is 3.22. The number of hydrogen-bond donors (Lipinski definition) is 1. The summed E-state index contributed by atoms with van der Waals surface area (Å²) in [5.41, 5.74) is 12.5. The molecular formula is C32H31NO2. The third-order valence-corrected chi connectivity index (χ3v) is 8.06. The Bertz CT molecular complexity index is 1380. The third-order valence-electron chi connectivity index (χ3n) is 8.06. The lowest BCUT2D eigenvalue weighted by Gasteiger charge is -2.23. The molecule has 1 N–H and O–H groups in total. The molecule has 4 aromatic carbocycles. The van der Waals surface area contributed by atoms with Crippen molar-refractivity contribution in [3.8, 4) is 33.8 Å². The Hall–Kier alpha value is -3.72. The topological polar surface area (TPSA) is 30.5 Å². The van der Waals surface area contributed by atoms with Crippen molar-refractivity contribution in [1.29, 1.82) is 0 Å². The third kappa shape index (κ3) is 3.11. The molecule has 0 saturated heterocycles. The Morgan fingerprint density at radius 1 is 0.486 bits per heavy atom. The van der Waals surface area contributed by atoms with Gasteiger partial charge in [0, 0.05) is 22.2 Å². The second kappa shape index (κ2) is 7.39. The highest BCUT2D eigenvalue weighted by Gasteiger charge is 2.37. The van der Waals surface area contributed by atoms with E-state index in [-0.39, 0.29) is 10.8 Å². The van der Waals surface area contributed by atoms with E-state index in [0.29, 0.717) is 0 Å². The second-order valence-electron chi connectivity index (χ2n) is 10.7. The van der Waals surface area contributed by atoms with E-state index >= 15 is 0 Å². The molecule has 0 spiro atoms. The van der Waals surface area contributed by atoms with Gasteiger partial charge in [0.15, 0.2) is 0 Å². The van der Waals surface area contributed by atoms with Gasteiger partial charge in [-0.3, -0.25) is 0 Å². The van der Waals surface area contributed by atoms with Gasteiger partial charge in [0.2, 0.25) is 0 Å². The summed E-state index contributed by atoms with van der Waals surface area (Å²) in [6, 6.07) is 26.3. The summed E-state index contributed by atoms with van der Waals surface area (Å²) in [5.74, 6) is 1.81. The first-order valence-electron chi connectivity index (χ1n) is 12.2. The molecule has 35 heavy (non-hydrogen) atoms. The summed E-state index contributed by atoms with van der Waals surface area (Å²) < 4.78 is 11.0. The van der Waals surface area contributed by atoms with Crippen LogP contribution in [0.5, 0.6) is 11.5 Å². The predicted molar refractivity (Wildman–Crippen MR) is 144 cm³/mol. The molecule has 0 saturated carbocycles. The van der Waals surface area contributed by atoms with Crippen LogP contribution in [0.1, 0.15) is 49.9 Å². The van der Waals surface area contributed by atoms with Crippen LogP contribution in [0.25, 0.3) is 22.3 Å². The maximum Gasteiger partial charge on any atom is 0.119 e. The largest absolute Gasteiger partial charge is 0.497 e. The molecule has 0 fully saturated rings. The van der Waals surface area contributed by atoms with Crippen LogP contribution in [0.15, 0.2) is 72.8 Å². The van der Waals surface area contributed by atoms with Crippen LogP contribution in [0.4, 0.5) is 11.4 Å². The van der Waals surface area contributed by atoms with E-state index in [1.165, 1.54) is 44.5 Å². The molecular weight excluding hydrogens is 430 g/mol. The fraction of sp³-hybridized carbons (Fsp3) is 0.250. The minimum atomic E-state index is -0.0858. The van der Waals surface area contributed by atoms with E-state index in [2.05, 4.69) is 106 Å². The first-order valence-corrected chi connectivity index (χ1v) is 12.2. The van der Waals surface area contributed by atoms with Crippen molar-refractivity contribution in [1.82, 2.24) is 0 Å². The molecule has 3 heteroatoms. The second-order valence-corrected chi connectivity index (χ2v) is 10.7. The zero-order valence-corrected chi connectivity index (χ0v) is 21.2. The lowest BCUT2D eigenvalue weighted by atomic mass is 9.82. The molecule has 4 aromatic rings. The molecule has 0 heterocycles. The highest BCUT2D eigenvalue weighted by molar-refractivity contribution is 5.85. The summed E-state index contributed by atoms with van der Waals surface area (Å²) in [6.07, 6.45) is 0. The molecule has 0 aliphatic heterocycles. The van der Waals surface area contributed by atoms with Crippen LogP contribution < -0.4 is 14.8 Å². The molecule has 6 rings (SSSR count). The van der Waals surface area contributed by atoms with Crippen molar-refractivity contribution in [2.45, 2.75) is 38.5 Å². The van der Waals surface area contributed by atoms with Crippen LogP contribution in [-0.4, -0.2) is 14.2 Å². The van der Waals surface area contributed by atoms with Crippen molar-refractivity contribution >= 4 is 11.4 Å². The van der Waals surface area contributed by atoms with Gasteiger partial charge in [0.05, 0.1) is 14.2 Å². The first kappa shape index (κ1) is 21.8. The predicted octanol–water partition coefficient (Wildman–Crippen LogP) is 8.06. The molecule has 3 nitrogen and oxygen atoms in total. The number of hydrogen-bond acceptors (Lipinski definition) is 3. The number of ether oxygens (including phenoxy) is 2. The van der Waals surface area contributed by atoms with Gasteiger partial charge in [-0.1, -0.05) is 52.0 Å². The minimum Gasteiger partial charge on any atom is -0.497 e. The molecule has 0 unspecified atom stereocenters. The summed E-state index contributed by atoms with van der Waals surface area (Å²) in [4.78, 5) is 0. The maximum absolute atomic E-state index is 5.50. The van der Waals surface area contributed by atoms with Gasteiger partial charge in [-0.05, 0) is 93.0 Å². The highest BCUT2D eigenvalue weighted by Crippen LogP contribution is 2.52. The van der Waals surface area contributed by atoms with Crippen molar-refractivity contribution < 1.29 is 9.47 Å². The van der Waals surface area contributed by atoms with E-state index in [9.17, 15) is 0 Å². The fourth-order valence-corrected chi connectivity index (χ4v) is 6.01. The van der Waals surface area contributed by atoms with Crippen LogP contribution in [-0.2, 0) is 10.8 Å². The van der Waals surface area contributed by atoms with Crippen LogP contribution in [0.3, 0.4) is 0 Å². The Morgan fingerprint density at radius 3 is 1.20 bits per heavy atom.